The van der Waals surface area contributed by atoms with E-state index in [1.54, 1.807) is 18.3 Å². The first-order valence-electron chi connectivity index (χ1n) is 14.0. The first-order valence-corrected chi connectivity index (χ1v) is 14.0. The Labute approximate surface area is 247 Å². The van der Waals surface area contributed by atoms with E-state index in [1.807, 2.05) is 24.3 Å². The molecule has 3 amide bonds. The number of aromatic amines is 1. The van der Waals surface area contributed by atoms with Crippen LogP contribution in [0.25, 0.3) is 10.9 Å². The van der Waals surface area contributed by atoms with E-state index < -0.39 is 53.8 Å². The normalized spacial score (nSPS) is 16.8. The Morgan fingerprint density at radius 1 is 0.977 bits per heavy atom. The minimum atomic E-state index is -1.27. The molecular weight excluding hydrogens is 558 g/mol. The molecule has 4 atom stereocenters. The highest BCUT2D eigenvalue weighted by Gasteiger charge is 2.39. The Bertz CT molecular complexity index is 1490. The summed E-state index contributed by atoms with van der Waals surface area (Å²) in [6, 6.07) is 8.87. The smallest absolute Gasteiger partial charge is 0.326 e. The van der Waals surface area contributed by atoms with Crippen LogP contribution in [-0.4, -0.2) is 85.6 Å². The number of hydrogen-bond acceptors (Lipinski definition) is 7. The van der Waals surface area contributed by atoms with Crippen LogP contribution < -0.4 is 16.4 Å². The minimum absolute atomic E-state index is 0.0249. The second-order valence-electron chi connectivity index (χ2n) is 10.6. The molecule has 4 rings (SSSR count). The summed E-state index contributed by atoms with van der Waals surface area (Å²) < 4.78 is 0. The van der Waals surface area contributed by atoms with Crippen molar-refractivity contribution in [2.75, 3.05) is 6.54 Å². The van der Waals surface area contributed by atoms with Crippen LogP contribution in [0, 0.1) is 0 Å². The Kier molecular flexibility index (Phi) is 9.99. The molecule has 0 bridgehead atoms. The number of para-hydroxylation sites is 1. The standard InChI is InChI=1S/C30H35N5O8/c31-21(11-12-26(37)38)27(39)33-23(15-18-16-32-22-5-2-1-4-20(18)22)29(41)35-13-3-6-25(35)28(40)34-24(30(42)43)14-17-7-9-19(36)10-8-17/h1-2,4-5,7-10,16,21,23-25,32,36H,3,6,11-15,31H2,(H,33,39)(H,34,40)(H,37,38)(H,42,43). The van der Waals surface area contributed by atoms with Gasteiger partial charge in [0.1, 0.15) is 23.9 Å². The number of likely N-dealkylation sites (tertiary alicyclic amines) is 1. The van der Waals surface area contributed by atoms with Crippen molar-refractivity contribution >= 4 is 40.6 Å². The first kappa shape index (κ1) is 31.0. The Balaban J connectivity index is 1.52. The molecule has 0 radical (unpaired) electrons. The summed E-state index contributed by atoms with van der Waals surface area (Å²) in [4.78, 5) is 67.6. The van der Waals surface area contributed by atoms with Crippen LogP contribution in [0.4, 0.5) is 0 Å². The lowest BCUT2D eigenvalue weighted by molar-refractivity contribution is -0.145. The molecule has 2 aromatic carbocycles. The van der Waals surface area contributed by atoms with Crippen LogP contribution in [0.1, 0.15) is 36.8 Å². The van der Waals surface area contributed by atoms with Gasteiger partial charge in [0.2, 0.25) is 17.7 Å². The number of nitrogens with two attached hydrogens (primary N) is 1. The molecule has 1 fully saturated rings. The van der Waals surface area contributed by atoms with Gasteiger partial charge in [-0.05, 0) is 48.6 Å². The second kappa shape index (κ2) is 13.8. The molecule has 8 N–H and O–H groups in total. The van der Waals surface area contributed by atoms with Crippen molar-refractivity contribution in [2.45, 2.75) is 62.7 Å². The molecule has 1 aliphatic heterocycles. The molecule has 0 saturated carbocycles. The Morgan fingerprint density at radius 2 is 1.70 bits per heavy atom. The van der Waals surface area contributed by atoms with E-state index in [4.69, 9.17) is 10.8 Å². The SMILES string of the molecule is NC(CCC(=O)O)C(=O)NC(Cc1c[nH]c2ccccc12)C(=O)N1CCCC1C(=O)NC(Cc1ccc(O)cc1)C(=O)O. The number of nitrogens with zero attached hydrogens (tertiary/aromatic N) is 1. The van der Waals surface area contributed by atoms with Crippen molar-refractivity contribution in [3.05, 3.63) is 65.9 Å². The van der Waals surface area contributed by atoms with Gasteiger partial charge >= 0.3 is 11.9 Å². The number of phenols is 1. The number of carboxylic acids is 2. The molecule has 228 valence electrons. The first-order chi connectivity index (χ1) is 20.5. The van der Waals surface area contributed by atoms with E-state index in [9.17, 15) is 34.2 Å². The third-order valence-electron chi connectivity index (χ3n) is 7.55. The molecule has 4 unspecified atom stereocenters. The lowest BCUT2D eigenvalue weighted by Crippen LogP contribution is -2.57. The molecule has 3 aromatic rings. The third kappa shape index (κ3) is 7.89. The van der Waals surface area contributed by atoms with E-state index in [1.165, 1.54) is 17.0 Å². The number of nitrogens with one attached hydrogen (secondary N) is 3. The molecule has 1 saturated heterocycles. The zero-order chi connectivity index (χ0) is 31.1. The molecule has 1 aliphatic rings. The molecule has 13 heteroatoms. The summed E-state index contributed by atoms with van der Waals surface area (Å²) in [7, 11) is 0. The molecule has 2 heterocycles. The summed E-state index contributed by atoms with van der Waals surface area (Å²) in [5, 5.41) is 34.3. The largest absolute Gasteiger partial charge is 0.508 e. The summed E-state index contributed by atoms with van der Waals surface area (Å²) in [5.74, 6) is -4.20. The van der Waals surface area contributed by atoms with E-state index in [-0.39, 0.29) is 38.0 Å². The van der Waals surface area contributed by atoms with Gasteiger partial charge in [-0.15, -0.1) is 0 Å². The van der Waals surface area contributed by atoms with Crippen molar-refractivity contribution in [2.24, 2.45) is 5.73 Å². The highest BCUT2D eigenvalue weighted by molar-refractivity contribution is 5.95. The van der Waals surface area contributed by atoms with Crippen LogP contribution in [0.5, 0.6) is 5.75 Å². The van der Waals surface area contributed by atoms with Crippen LogP contribution in [0.15, 0.2) is 54.7 Å². The zero-order valence-corrected chi connectivity index (χ0v) is 23.4. The van der Waals surface area contributed by atoms with Crippen molar-refractivity contribution in [1.29, 1.82) is 0 Å². The fraction of sp³-hybridized carbons (Fsp3) is 0.367. The molecule has 13 nitrogen and oxygen atoms in total. The van der Waals surface area contributed by atoms with E-state index in [2.05, 4.69) is 15.6 Å². The summed E-state index contributed by atoms with van der Waals surface area (Å²) in [5.41, 5.74) is 8.09. The van der Waals surface area contributed by atoms with Gasteiger partial charge in [0.05, 0.1) is 6.04 Å². The zero-order valence-electron chi connectivity index (χ0n) is 23.4. The van der Waals surface area contributed by atoms with E-state index >= 15 is 0 Å². The topological polar surface area (TPSA) is 215 Å². The lowest BCUT2D eigenvalue weighted by atomic mass is 10.0. The van der Waals surface area contributed by atoms with Gasteiger partial charge in [0.15, 0.2) is 0 Å². The molecule has 0 spiro atoms. The van der Waals surface area contributed by atoms with Gasteiger partial charge < -0.3 is 41.6 Å². The van der Waals surface area contributed by atoms with E-state index in [0.717, 1.165) is 16.5 Å². The van der Waals surface area contributed by atoms with Crippen LogP contribution in [0.3, 0.4) is 0 Å². The molecular formula is C30H35N5O8. The van der Waals surface area contributed by atoms with Crippen molar-refractivity contribution < 1.29 is 39.3 Å². The number of aliphatic carboxylic acids is 2. The predicted molar refractivity (Wildman–Crippen MR) is 155 cm³/mol. The number of carboxylic acid groups (broad SMARTS) is 2. The number of carbonyl (C=O) groups excluding carboxylic acids is 3. The molecule has 0 aliphatic carbocycles. The number of phenolic OH excluding ortho intramolecular Hbond substituents is 1. The maximum atomic E-state index is 13.9. The number of aromatic nitrogens is 1. The monoisotopic (exact) mass is 593 g/mol. The van der Waals surface area contributed by atoms with Crippen LogP contribution >= 0.6 is 0 Å². The van der Waals surface area contributed by atoms with Gasteiger partial charge in [0.25, 0.3) is 0 Å². The van der Waals surface area contributed by atoms with E-state index in [0.29, 0.717) is 18.4 Å². The van der Waals surface area contributed by atoms with Gasteiger partial charge in [0, 0.05) is 42.9 Å². The number of benzene rings is 2. The molecule has 1 aromatic heterocycles. The quantitative estimate of drug-likeness (QED) is 0.150. The average Bonchev–Trinajstić information content (AvgIpc) is 3.63. The Hall–Kier alpha value is -4.91. The summed E-state index contributed by atoms with van der Waals surface area (Å²) in [6.07, 6.45) is 2.12. The highest BCUT2D eigenvalue weighted by Crippen LogP contribution is 2.23. The number of H-pyrrole nitrogens is 1. The lowest BCUT2D eigenvalue weighted by Gasteiger charge is -2.30. The maximum absolute atomic E-state index is 13.9. The van der Waals surface area contributed by atoms with Crippen LogP contribution in [-0.2, 0) is 36.8 Å². The number of fused-ring (bicyclic) bond motifs is 1. The summed E-state index contributed by atoms with van der Waals surface area (Å²) in [6.45, 7) is 0.220. The number of aromatic hydroxyl groups is 1. The van der Waals surface area contributed by atoms with Gasteiger partial charge in [-0.3, -0.25) is 19.2 Å². The van der Waals surface area contributed by atoms with Gasteiger partial charge in [-0.2, -0.15) is 0 Å². The highest BCUT2D eigenvalue weighted by atomic mass is 16.4. The number of carbonyl (C=O) groups is 5. The minimum Gasteiger partial charge on any atom is -0.508 e. The van der Waals surface area contributed by atoms with Crippen molar-refractivity contribution in [3.63, 3.8) is 0 Å². The summed E-state index contributed by atoms with van der Waals surface area (Å²) >= 11 is 0. The van der Waals surface area contributed by atoms with Gasteiger partial charge in [-0.25, -0.2) is 4.79 Å². The Morgan fingerprint density at radius 3 is 2.40 bits per heavy atom. The van der Waals surface area contributed by atoms with Crippen molar-refractivity contribution in [1.82, 2.24) is 20.5 Å². The number of amides is 3. The average molecular weight is 594 g/mol. The fourth-order valence-electron chi connectivity index (χ4n) is 5.25. The van der Waals surface area contributed by atoms with Crippen molar-refractivity contribution in [3.8, 4) is 5.75 Å². The van der Waals surface area contributed by atoms with Crippen LogP contribution in [0.2, 0.25) is 0 Å². The number of rotatable bonds is 13. The van der Waals surface area contributed by atoms with Gasteiger partial charge in [-0.1, -0.05) is 30.3 Å². The third-order valence-corrected chi connectivity index (χ3v) is 7.55. The fourth-order valence-corrected chi connectivity index (χ4v) is 5.25. The maximum Gasteiger partial charge on any atom is 0.326 e. The number of hydrogen-bond donors (Lipinski definition) is 7. The second-order valence-corrected chi connectivity index (χ2v) is 10.6. The predicted octanol–water partition coefficient (Wildman–Crippen LogP) is 0.896. The molecule has 43 heavy (non-hydrogen) atoms.